The molecule has 1 aliphatic rings. The molecule has 0 radical (unpaired) electrons. The fraction of sp³-hybridized carbons (Fsp3) is 0.588. The Hall–Kier alpha value is -1.26. The topological polar surface area (TPSA) is 50.4 Å². The second-order valence-electron chi connectivity index (χ2n) is 6.15. The van der Waals surface area contributed by atoms with E-state index in [1.165, 1.54) is 0 Å². The van der Waals surface area contributed by atoms with Crippen molar-refractivity contribution in [3.8, 4) is 5.75 Å². The molecule has 2 rings (SSSR count). The van der Waals surface area contributed by atoms with Gasteiger partial charge in [-0.3, -0.25) is 4.79 Å². The van der Waals surface area contributed by atoms with Crippen LogP contribution in [-0.2, 0) is 4.79 Å². The molecule has 22 heavy (non-hydrogen) atoms. The van der Waals surface area contributed by atoms with Crippen LogP contribution in [0.1, 0.15) is 25.0 Å². The maximum atomic E-state index is 12.1. The number of aryl methyl sites for hydroxylation is 2. The molecule has 1 saturated heterocycles. The fourth-order valence-corrected chi connectivity index (χ4v) is 2.53. The molecule has 1 heterocycles. The first kappa shape index (κ1) is 18.8. The van der Waals surface area contributed by atoms with E-state index in [9.17, 15) is 4.79 Å². The molecule has 2 atom stereocenters. The Kier molecular flexibility index (Phi) is 7.17. The summed E-state index contributed by atoms with van der Waals surface area (Å²) in [5.41, 5.74) is 2.25. The maximum Gasteiger partial charge on any atom is 0.223 e. The normalized spacial score (nSPS) is 16.9. The van der Waals surface area contributed by atoms with Crippen molar-refractivity contribution < 1.29 is 9.53 Å². The molecule has 1 aromatic carbocycles. The van der Waals surface area contributed by atoms with Crippen LogP contribution < -0.4 is 15.4 Å². The van der Waals surface area contributed by atoms with Crippen LogP contribution in [0.5, 0.6) is 5.75 Å². The predicted octanol–water partition coefficient (Wildman–Crippen LogP) is 2.46. The minimum atomic E-state index is 0. The first-order valence-corrected chi connectivity index (χ1v) is 7.69. The third-order valence-electron chi connectivity index (χ3n) is 4.21. The molecule has 1 amide bonds. The lowest BCUT2D eigenvalue weighted by molar-refractivity contribution is -0.127. The summed E-state index contributed by atoms with van der Waals surface area (Å²) in [5, 5.41) is 6.25. The van der Waals surface area contributed by atoms with Gasteiger partial charge in [0.15, 0.2) is 0 Å². The molecule has 2 N–H and O–H groups in total. The highest BCUT2D eigenvalue weighted by Crippen LogP contribution is 2.22. The third-order valence-corrected chi connectivity index (χ3v) is 4.21. The Labute approximate surface area is 139 Å². The van der Waals surface area contributed by atoms with Crippen LogP contribution in [0, 0.1) is 25.7 Å². The van der Waals surface area contributed by atoms with E-state index < -0.39 is 0 Å². The summed E-state index contributed by atoms with van der Waals surface area (Å²) >= 11 is 0. The van der Waals surface area contributed by atoms with Crippen LogP contribution in [0.25, 0.3) is 0 Å². The first-order valence-electron chi connectivity index (χ1n) is 7.69. The lowest BCUT2D eigenvalue weighted by atomic mass is 9.88. The minimum absolute atomic E-state index is 0. The number of rotatable bonds is 6. The van der Waals surface area contributed by atoms with Crippen molar-refractivity contribution in [1.29, 1.82) is 0 Å². The molecule has 4 nitrogen and oxygen atoms in total. The average molecular weight is 327 g/mol. The van der Waals surface area contributed by atoms with E-state index in [0.29, 0.717) is 12.5 Å². The molecular formula is C17H27ClN2O2. The Morgan fingerprint density at radius 2 is 1.91 bits per heavy atom. The average Bonchev–Trinajstić information content (AvgIpc) is 2.35. The van der Waals surface area contributed by atoms with Gasteiger partial charge in [-0.05, 0) is 50.9 Å². The minimum Gasteiger partial charge on any atom is -0.491 e. The van der Waals surface area contributed by atoms with Crippen LogP contribution in [0.4, 0.5) is 0 Å². The van der Waals surface area contributed by atoms with E-state index in [0.717, 1.165) is 30.0 Å². The van der Waals surface area contributed by atoms with Crippen LogP contribution >= 0.6 is 12.4 Å². The molecule has 1 fully saturated rings. The van der Waals surface area contributed by atoms with Gasteiger partial charge < -0.3 is 15.4 Å². The summed E-state index contributed by atoms with van der Waals surface area (Å²) in [6, 6.07) is 6.11. The van der Waals surface area contributed by atoms with Gasteiger partial charge in [-0.15, -0.1) is 12.4 Å². The summed E-state index contributed by atoms with van der Waals surface area (Å²) in [6.45, 7) is 10.4. The van der Waals surface area contributed by atoms with Gasteiger partial charge in [0.1, 0.15) is 12.4 Å². The Bertz CT molecular complexity index is 483. The molecule has 0 saturated carbocycles. The molecule has 0 bridgehead atoms. The first-order chi connectivity index (χ1) is 9.99. The maximum absolute atomic E-state index is 12.1. The van der Waals surface area contributed by atoms with Crippen LogP contribution in [-0.4, -0.2) is 31.6 Å². The van der Waals surface area contributed by atoms with Crippen LogP contribution in [0.3, 0.4) is 0 Å². The molecule has 124 valence electrons. The summed E-state index contributed by atoms with van der Waals surface area (Å²) in [6.07, 6.45) is 0. The number of ether oxygens (including phenoxy) is 1. The zero-order valence-electron chi connectivity index (χ0n) is 13.8. The van der Waals surface area contributed by atoms with Crippen LogP contribution in [0.15, 0.2) is 18.2 Å². The zero-order valence-corrected chi connectivity index (χ0v) is 14.6. The number of amides is 1. The number of para-hydroxylation sites is 1. The van der Waals surface area contributed by atoms with Crippen molar-refractivity contribution in [2.24, 2.45) is 11.8 Å². The summed E-state index contributed by atoms with van der Waals surface area (Å²) in [7, 11) is 0. The summed E-state index contributed by atoms with van der Waals surface area (Å²) < 4.78 is 5.88. The summed E-state index contributed by atoms with van der Waals surface area (Å²) in [5.74, 6) is 1.58. The number of carbonyl (C=O) groups is 1. The highest BCUT2D eigenvalue weighted by molar-refractivity contribution is 5.85. The molecule has 1 aliphatic heterocycles. The molecule has 1 aromatic rings. The zero-order chi connectivity index (χ0) is 15.4. The Morgan fingerprint density at radius 1 is 1.32 bits per heavy atom. The van der Waals surface area contributed by atoms with E-state index in [1.807, 2.05) is 45.9 Å². The van der Waals surface area contributed by atoms with Gasteiger partial charge in [0.2, 0.25) is 5.91 Å². The fourth-order valence-electron chi connectivity index (χ4n) is 2.53. The number of hydrogen-bond acceptors (Lipinski definition) is 3. The largest absolute Gasteiger partial charge is 0.491 e. The van der Waals surface area contributed by atoms with Gasteiger partial charge in [0, 0.05) is 5.92 Å². The van der Waals surface area contributed by atoms with Crippen molar-refractivity contribution in [1.82, 2.24) is 10.6 Å². The number of nitrogens with one attached hydrogen (secondary N) is 2. The molecule has 0 aromatic heterocycles. The van der Waals surface area contributed by atoms with Crippen molar-refractivity contribution in [3.05, 3.63) is 29.3 Å². The SMILES string of the molecule is Cc1cccc(C)c1OCC(C)NC(=O)C(C)C1CNC1.Cl. The second-order valence-corrected chi connectivity index (χ2v) is 6.15. The van der Waals surface area contributed by atoms with E-state index in [-0.39, 0.29) is 30.3 Å². The van der Waals surface area contributed by atoms with Crippen molar-refractivity contribution >= 4 is 18.3 Å². The molecular weight excluding hydrogens is 300 g/mol. The number of halogens is 1. The Balaban J connectivity index is 0.00000242. The number of carbonyl (C=O) groups excluding carboxylic acids is 1. The van der Waals surface area contributed by atoms with Crippen molar-refractivity contribution in [2.75, 3.05) is 19.7 Å². The van der Waals surface area contributed by atoms with Gasteiger partial charge in [-0.25, -0.2) is 0 Å². The van der Waals surface area contributed by atoms with E-state index in [2.05, 4.69) is 10.6 Å². The predicted molar refractivity (Wildman–Crippen MR) is 91.8 cm³/mol. The molecule has 0 spiro atoms. The summed E-state index contributed by atoms with van der Waals surface area (Å²) in [4.78, 5) is 12.1. The second kappa shape index (κ2) is 8.39. The Morgan fingerprint density at radius 3 is 2.41 bits per heavy atom. The van der Waals surface area contributed by atoms with Gasteiger partial charge in [0.25, 0.3) is 0 Å². The van der Waals surface area contributed by atoms with E-state index in [4.69, 9.17) is 4.74 Å². The lowest BCUT2D eigenvalue weighted by Gasteiger charge is -2.32. The van der Waals surface area contributed by atoms with E-state index >= 15 is 0 Å². The third kappa shape index (κ3) is 4.62. The standard InChI is InChI=1S/C17H26N2O2.ClH/c1-11-6-5-7-12(2)16(11)21-10-13(3)19-17(20)14(4)15-8-18-9-15;/h5-7,13-15,18H,8-10H2,1-4H3,(H,19,20);1H. The smallest absolute Gasteiger partial charge is 0.223 e. The quantitative estimate of drug-likeness (QED) is 0.844. The van der Waals surface area contributed by atoms with Crippen molar-refractivity contribution in [3.63, 3.8) is 0 Å². The highest BCUT2D eigenvalue weighted by atomic mass is 35.5. The van der Waals surface area contributed by atoms with E-state index in [1.54, 1.807) is 0 Å². The number of hydrogen-bond donors (Lipinski definition) is 2. The lowest BCUT2D eigenvalue weighted by Crippen LogP contribution is -2.51. The molecule has 0 aliphatic carbocycles. The van der Waals surface area contributed by atoms with Gasteiger partial charge in [-0.1, -0.05) is 25.1 Å². The number of benzene rings is 1. The molecule has 5 heteroatoms. The molecule has 2 unspecified atom stereocenters. The monoisotopic (exact) mass is 326 g/mol. The van der Waals surface area contributed by atoms with Crippen molar-refractivity contribution in [2.45, 2.75) is 33.7 Å². The van der Waals surface area contributed by atoms with Gasteiger partial charge in [0.05, 0.1) is 6.04 Å². The van der Waals surface area contributed by atoms with Gasteiger partial charge >= 0.3 is 0 Å². The highest BCUT2D eigenvalue weighted by Gasteiger charge is 2.29. The van der Waals surface area contributed by atoms with Crippen LogP contribution in [0.2, 0.25) is 0 Å². The van der Waals surface area contributed by atoms with Gasteiger partial charge in [-0.2, -0.15) is 0 Å².